The average Bonchev–Trinajstić information content (AvgIpc) is 3.44. The molecule has 0 bridgehead atoms. The highest BCUT2D eigenvalue weighted by Crippen LogP contribution is 2.39. The fourth-order valence-corrected chi connectivity index (χ4v) is 6.09. The molecule has 2 aromatic heterocycles. The molecule has 2 atom stereocenters. The monoisotopic (exact) mass is 471 g/mol. The van der Waals surface area contributed by atoms with Gasteiger partial charge < -0.3 is 4.90 Å². The van der Waals surface area contributed by atoms with Crippen LogP contribution in [-0.4, -0.2) is 47.2 Å². The van der Waals surface area contributed by atoms with Crippen LogP contribution in [-0.2, 0) is 19.4 Å². The summed E-state index contributed by atoms with van der Waals surface area (Å²) in [6, 6.07) is 11.5. The molecule has 9 heteroatoms. The average molecular weight is 472 g/mol. The number of fused-ring (bicyclic) bond motifs is 2. The highest BCUT2D eigenvalue weighted by molar-refractivity contribution is 7.18. The van der Waals surface area contributed by atoms with Gasteiger partial charge in [-0.05, 0) is 35.6 Å². The summed E-state index contributed by atoms with van der Waals surface area (Å²) in [5.74, 6) is 2.48. The number of hydrogen-bond donors (Lipinski definition) is 0. The number of rotatable bonds is 5. The number of alkyl halides is 3. The van der Waals surface area contributed by atoms with Crippen molar-refractivity contribution in [1.29, 1.82) is 5.26 Å². The number of hydrogen-bond acceptors (Lipinski definition) is 6. The first-order valence-electron chi connectivity index (χ1n) is 11.1. The van der Waals surface area contributed by atoms with Crippen molar-refractivity contribution in [2.45, 2.75) is 32.5 Å². The van der Waals surface area contributed by atoms with Crippen LogP contribution < -0.4 is 4.90 Å². The molecule has 0 spiro atoms. The van der Waals surface area contributed by atoms with E-state index in [0.29, 0.717) is 34.5 Å². The van der Waals surface area contributed by atoms with E-state index in [2.05, 4.69) is 20.9 Å². The first kappa shape index (κ1) is 22.1. The van der Waals surface area contributed by atoms with E-state index in [1.165, 1.54) is 5.56 Å². The number of benzene rings is 1. The molecule has 5 rings (SSSR count). The number of halogens is 3. The molecule has 2 fully saturated rings. The molecule has 2 aliphatic heterocycles. The highest BCUT2D eigenvalue weighted by Gasteiger charge is 2.41. The lowest BCUT2D eigenvalue weighted by Crippen LogP contribution is -2.29. The van der Waals surface area contributed by atoms with E-state index in [-0.39, 0.29) is 4.88 Å². The normalized spacial score (nSPS) is 21.0. The Hall–Kier alpha value is -2.70. The number of anilines is 1. The minimum atomic E-state index is -4.23. The first-order valence-corrected chi connectivity index (χ1v) is 12.0. The maximum Gasteiger partial charge on any atom is 0.393 e. The van der Waals surface area contributed by atoms with Crippen molar-refractivity contribution >= 4 is 27.4 Å². The predicted molar refractivity (Wildman–Crippen MR) is 122 cm³/mol. The van der Waals surface area contributed by atoms with Gasteiger partial charge >= 0.3 is 6.18 Å². The summed E-state index contributed by atoms with van der Waals surface area (Å²) in [5, 5.41) is 9.71. The van der Waals surface area contributed by atoms with Gasteiger partial charge in [0.2, 0.25) is 0 Å². The third-order valence-electron chi connectivity index (χ3n) is 6.51. The van der Waals surface area contributed by atoms with Crippen molar-refractivity contribution in [3.05, 3.63) is 52.2 Å². The molecule has 4 heterocycles. The second kappa shape index (κ2) is 8.58. The maximum atomic E-state index is 12.9. The SMILES string of the molecule is CCc1nc(N2CC3CN(Cc4ccc(C#N)cc4)CC3C2)c2cc(CC(F)(F)F)sc2n1. The quantitative estimate of drug-likeness (QED) is 0.535. The summed E-state index contributed by atoms with van der Waals surface area (Å²) in [7, 11) is 0. The van der Waals surface area contributed by atoms with Crippen LogP contribution in [0.3, 0.4) is 0 Å². The fourth-order valence-electron chi connectivity index (χ4n) is 5.02. The summed E-state index contributed by atoms with van der Waals surface area (Å²) in [6.45, 7) is 6.51. The lowest BCUT2D eigenvalue weighted by molar-refractivity contribution is -0.126. The molecule has 0 radical (unpaired) electrons. The smallest absolute Gasteiger partial charge is 0.355 e. The van der Waals surface area contributed by atoms with Crippen molar-refractivity contribution < 1.29 is 13.2 Å². The van der Waals surface area contributed by atoms with Crippen LogP contribution in [0.2, 0.25) is 0 Å². The number of nitrogens with zero attached hydrogens (tertiary/aromatic N) is 5. The van der Waals surface area contributed by atoms with E-state index in [4.69, 9.17) is 10.2 Å². The van der Waals surface area contributed by atoms with E-state index in [0.717, 1.165) is 55.3 Å². The van der Waals surface area contributed by atoms with Crippen molar-refractivity contribution in [2.75, 3.05) is 31.1 Å². The molecule has 0 amide bonds. The Labute approximate surface area is 194 Å². The third-order valence-corrected chi connectivity index (χ3v) is 7.54. The summed E-state index contributed by atoms with van der Waals surface area (Å²) >= 11 is 1.13. The van der Waals surface area contributed by atoms with Crippen molar-refractivity contribution in [3.63, 3.8) is 0 Å². The Bertz CT molecular complexity index is 1180. The topological polar surface area (TPSA) is 56.1 Å². The predicted octanol–water partition coefficient (Wildman–Crippen LogP) is 4.80. The molecule has 2 saturated heterocycles. The van der Waals surface area contributed by atoms with Crippen molar-refractivity contribution in [3.8, 4) is 6.07 Å². The summed E-state index contributed by atoms with van der Waals surface area (Å²) < 4.78 is 38.8. The summed E-state index contributed by atoms with van der Waals surface area (Å²) in [4.78, 5) is 14.9. The standard InChI is InChI=1S/C24H24F3N5S/c1-2-21-29-22(20-7-19(8-24(25,26)27)33-23(20)30-21)32-13-17-11-31(12-18(17)14-32)10-16-5-3-15(9-28)4-6-16/h3-7,17-18H,2,8,10-14H2,1H3. The Morgan fingerprint density at radius 2 is 1.79 bits per heavy atom. The van der Waals surface area contributed by atoms with Gasteiger partial charge in [-0.3, -0.25) is 4.90 Å². The van der Waals surface area contributed by atoms with E-state index in [1.54, 1.807) is 6.07 Å². The second-order valence-corrected chi connectivity index (χ2v) is 10.1. The molecule has 5 nitrogen and oxygen atoms in total. The Balaban J connectivity index is 1.31. The number of likely N-dealkylation sites (tertiary alicyclic amines) is 1. The third kappa shape index (κ3) is 4.68. The van der Waals surface area contributed by atoms with Crippen LogP contribution in [0.15, 0.2) is 30.3 Å². The van der Waals surface area contributed by atoms with Crippen LogP contribution in [0.4, 0.5) is 19.0 Å². The molecule has 0 aliphatic carbocycles. The van der Waals surface area contributed by atoms with Crippen LogP contribution in [0.5, 0.6) is 0 Å². The molecule has 33 heavy (non-hydrogen) atoms. The van der Waals surface area contributed by atoms with Gasteiger partial charge in [0, 0.05) is 44.0 Å². The molecular weight excluding hydrogens is 447 g/mol. The summed E-state index contributed by atoms with van der Waals surface area (Å²) in [5.41, 5.74) is 1.87. The molecule has 172 valence electrons. The fraction of sp³-hybridized carbons (Fsp3) is 0.458. The van der Waals surface area contributed by atoms with Gasteiger partial charge in [0.15, 0.2) is 0 Å². The lowest BCUT2D eigenvalue weighted by Gasteiger charge is -2.23. The van der Waals surface area contributed by atoms with E-state index in [9.17, 15) is 13.2 Å². The van der Waals surface area contributed by atoms with E-state index >= 15 is 0 Å². The minimum absolute atomic E-state index is 0.286. The van der Waals surface area contributed by atoms with Gasteiger partial charge in [-0.1, -0.05) is 19.1 Å². The summed E-state index contributed by atoms with van der Waals surface area (Å²) in [6.07, 6.45) is -4.51. The molecule has 2 aliphatic rings. The second-order valence-electron chi connectivity index (χ2n) is 8.97. The molecule has 0 N–H and O–H groups in total. The van der Waals surface area contributed by atoms with Gasteiger partial charge in [-0.2, -0.15) is 18.4 Å². The number of aromatic nitrogens is 2. The Kier molecular flexibility index (Phi) is 5.75. The van der Waals surface area contributed by atoms with Gasteiger partial charge in [0.1, 0.15) is 16.5 Å². The Morgan fingerprint density at radius 3 is 2.39 bits per heavy atom. The van der Waals surface area contributed by atoms with Gasteiger partial charge in [0.05, 0.1) is 23.4 Å². The minimum Gasteiger partial charge on any atom is -0.355 e. The Morgan fingerprint density at radius 1 is 1.09 bits per heavy atom. The van der Waals surface area contributed by atoms with Crippen LogP contribution >= 0.6 is 11.3 Å². The van der Waals surface area contributed by atoms with Gasteiger partial charge in [-0.15, -0.1) is 11.3 Å². The maximum absolute atomic E-state index is 12.9. The van der Waals surface area contributed by atoms with Crippen LogP contribution in [0.1, 0.15) is 28.8 Å². The molecule has 0 saturated carbocycles. The van der Waals surface area contributed by atoms with E-state index in [1.807, 2.05) is 31.2 Å². The zero-order valence-electron chi connectivity index (χ0n) is 18.3. The largest absolute Gasteiger partial charge is 0.393 e. The zero-order chi connectivity index (χ0) is 23.2. The number of thiophene rings is 1. The number of nitriles is 1. The van der Waals surface area contributed by atoms with Crippen molar-refractivity contribution in [2.24, 2.45) is 11.8 Å². The molecule has 2 unspecified atom stereocenters. The molecular formula is C24H24F3N5S. The van der Waals surface area contributed by atoms with E-state index < -0.39 is 12.6 Å². The zero-order valence-corrected chi connectivity index (χ0v) is 19.1. The van der Waals surface area contributed by atoms with Crippen LogP contribution in [0.25, 0.3) is 10.2 Å². The highest BCUT2D eigenvalue weighted by atomic mass is 32.1. The van der Waals surface area contributed by atoms with Crippen molar-refractivity contribution in [1.82, 2.24) is 14.9 Å². The van der Waals surface area contributed by atoms with Gasteiger partial charge in [-0.25, -0.2) is 9.97 Å². The molecule has 1 aromatic carbocycles. The van der Waals surface area contributed by atoms with Crippen LogP contribution in [0, 0.1) is 23.2 Å². The lowest BCUT2D eigenvalue weighted by atomic mass is 10.0. The molecule has 3 aromatic rings. The van der Waals surface area contributed by atoms with Gasteiger partial charge in [0.25, 0.3) is 0 Å². The number of aryl methyl sites for hydroxylation is 1. The first-order chi connectivity index (χ1) is 15.8.